The highest BCUT2D eigenvalue weighted by atomic mass is 15.3. The fourth-order valence-corrected chi connectivity index (χ4v) is 3.31. The lowest BCUT2D eigenvalue weighted by molar-refractivity contribution is 0.260. The highest BCUT2D eigenvalue weighted by Gasteiger charge is 2.34. The Morgan fingerprint density at radius 2 is 2.05 bits per heavy atom. The molecule has 1 aromatic carbocycles. The van der Waals surface area contributed by atoms with Crippen LogP contribution in [-0.2, 0) is 6.42 Å². The van der Waals surface area contributed by atoms with Crippen LogP contribution in [-0.4, -0.2) is 16.8 Å². The largest absolute Gasteiger partial charge is 0.313 e. The van der Waals surface area contributed by atoms with E-state index in [1.165, 1.54) is 22.5 Å². The van der Waals surface area contributed by atoms with Crippen molar-refractivity contribution in [2.75, 3.05) is 7.05 Å². The molecule has 3 nitrogen and oxygen atoms in total. The van der Waals surface area contributed by atoms with Gasteiger partial charge in [-0.2, -0.15) is 5.10 Å². The maximum atomic E-state index is 4.67. The smallest absolute Gasteiger partial charge is 0.0678 e. The van der Waals surface area contributed by atoms with Gasteiger partial charge in [0.15, 0.2) is 0 Å². The molecular weight excluding hydrogens is 246 g/mol. The van der Waals surface area contributed by atoms with Crippen LogP contribution in [0.25, 0.3) is 5.69 Å². The zero-order valence-electron chi connectivity index (χ0n) is 12.8. The van der Waals surface area contributed by atoms with Crippen molar-refractivity contribution in [2.24, 2.45) is 5.41 Å². The lowest BCUT2D eigenvalue weighted by atomic mass is 9.74. The van der Waals surface area contributed by atoms with Crippen LogP contribution in [0.15, 0.2) is 30.5 Å². The predicted molar refractivity (Wildman–Crippen MR) is 82.2 cm³/mol. The number of hydrogen-bond donors (Lipinski definition) is 1. The third-order valence-corrected chi connectivity index (χ3v) is 4.37. The van der Waals surface area contributed by atoms with Gasteiger partial charge < -0.3 is 5.32 Å². The fourth-order valence-electron chi connectivity index (χ4n) is 3.31. The molecule has 0 aliphatic heterocycles. The second kappa shape index (κ2) is 4.74. The highest BCUT2D eigenvalue weighted by Crippen LogP contribution is 2.41. The van der Waals surface area contributed by atoms with E-state index in [9.17, 15) is 0 Å². The average molecular weight is 269 g/mol. The number of hydrogen-bond acceptors (Lipinski definition) is 2. The lowest BCUT2D eigenvalue weighted by Gasteiger charge is -2.35. The van der Waals surface area contributed by atoms with E-state index >= 15 is 0 Å². The van der Waals surface area contributed by atoms with Crippen molar-refractivity contribution in [1.29, 1.82) is 0 Å². The van der Waals surface area contributed by atoms with Crippen LogP contribution in [0, 0.1) is 12.3 Å². The topological polar surface area (TPSA) is 29.9 Å². The third kappa shape index (κ3) is 2.16. The summed E-state index contributed by atoms with van der Waals surface area (Å²) in [6, 6.07) is 8.87. The first-order valence-electron chi connectivity index (χ1n) is 7.32. The summed E-state index contributed by atoms with van der Waals surface area (Å²) < 4.78 is 2.13. The highest BCUT2D eigenvalue weighted by molar-refractivity contribution is 5.43. The van der Waals surface area contributed by atoms with E-state index in [1.807, 2.05) is 13.2 Å². The van der Waals surface area contributed by atoms with Crippen molar-refractivity contribution >= 4 is 0 Å². The maximum Gasteiger partial charge on any atom is 0.0678 e. The number of rotatable bonds is 2. The van der Waals surface area contributed by atoms with Gasteiger partial charge in [0.1, 0.15) is 0 Å². The molecule has 1 N–H and O–H groups in total. The second-order valence-electron chi connectivity index (χ2n) is 6.63. The van der Waals surface area contributed by atoms with E-state index in [0.717, 1.165) is 12.8 Å². The van der Waals surface area contributed by atoms with Gasteiger partial charge >= 0.3 is 0 Å². The molecule has 2 aromatic rings. The van der Waals surface area contributed by atoms with Crippen LogP contribution < -0.4 is 5.32 Å². The van der Waals surface area contributed by atoms with Crippen molar-refractivity contribution in [3.8, 4) is 5.69 Å². The minimum Gasteiger partial charge on any atom is -0.313 e. The summed E-state index contributed by atoms with van der Waals surface area (Å²) in [5, 5.41) is 8.11. The molecule has 1 heterocycles. The summed E-state index contributed by atoms with van der Waals surface area (Å²) in [4.78, 5) is 0. The normalized spacial score (nSPS) is 20.7. The summed E-state index contributed by atoms with van der Waals surface area (Å²) in [5.41, 5.74) is 5.48. The molecule has 3 rings (SSSR count). The molecule has 1 aromatic heterocycles. The van der Waals surface area contributed by atoms with Crippen molar-refractivity contribution in [3.05, 3.63) is 47.3 Å². The van der Waals surface area contributed by atoms with Crippen LogP contribution >= 0.6 is 0 Å². The third-order valence-electron chi connectivity index (χ3n) is 4.37. The van der Waals surface area contributed by atoms with Gasteiger partial charge in [0.05, 0.1) is 11.9 Å². The predicted octanol–water partition coefficient (Wildman–Crippen LogP) is 3.41. The second-order valence-corrected chi connectivity index (χ2v) is 6.63. The Hall–Kier alpha value is -1.61. The number of benzene rings is 1. The number of aromatic nitrogens is 2. The Kier molecular flexibility index (Phi) is 3.17. The Morgan fingerprint density at radius 3 is 2.75 bits per heavy atom. The van der Waals surface area contributed by atoms with E-state index in [2.05, 4.69) is 60.1 Å². The first-order chi connectivity index (χ1) is 9.52. The standard InChI is InChI=1S/C17H23N3/c1-12-7-5-6-8-15(12)20-16-10-17(2,3)9-14(18-4)13(16)11-19-20/h5-8,11,14,18H,9-10H2,1-4H3. The summed E-state index contributed by atoms with van der Waals surface area (Å²) in [6.45, 7) is 6.83. The molecule has 0 amide bonds. The van der Waals surface area contributed by atoms with Crippen LogP contribution in [0.5, 0.6) is 0 Å². The number of para-hydroxylation sites is 1. The van der Waals surface area contributed by atoms with E-state index < -0.39 is 0 Å². The molecule has 106 valence electrons. The molecule has 0 spiro atoms. The van der Waals surface area contributed by atoms with Gasteiger partial charge in [0.2, 0.25) is 0 Å². The summed E-state index contributed by atoms with van der Waals surface area (Å²) in [7, 11) is 2.04. The Morgan fingerprint density at radius 1 is 1.30 bits per heavy atom. The SMILES string of the molecule is CNC1CC(C)(C)Cc2c1cnn2-c1ccccc1C. The molecule has 0 saturated heterocycles. The molecule has 0 fully saturated rings. The first kappa shape index (κ1) is 13.4. The van der Waals surface area contributed by atoms with Gasteiger partial charge in [-0.15, -0.1) is 0 Å². The van der Waals surface area contributed by atoms with Gasteiger partial charge in [0, 0.05) is 17.3 Å². The summed E-state index contributed by atoms with van der Waals surface area (Å²) in [6.07, 6.45) is 4.28. The molecule has 0 saturated carbocycles. The number of nitrogens with zero attached hydrogens (tertiary/aromatic N) is 2. The molecular formula is C17H23N3. The molecule has 0 radical (unpaired) electrons. The monoisotopic (exact) mass is 269 g/mol. The van der Waals surface area contributed by atoms with Gasteiger partial charge in [-0.1, -0.05) is 32.0 Å². The van der Waals surface area contributed by atoms with Gasteiger partial charge in [-0.3, -0.25) is 0 Å². The van der Waals surface area contributed by atoms with E-state index in [0.29, 0.717) is 11.5 Å². The van der Waals surface area contributed by atoms with Crippen LogP contribution in [0.2, 0.25) is 0 Å². The van der Waals surface area contributed by atoms with Crippen LogP contribution in [0.1, 0.15) is 43.1 Å². The van der Waals surface area contributed by atoms with E-state index in [4.69, 9.17) is 0 Å². The Bertz CT molecular complexity index is 625. The minimum absolute atomic E-state index is 0.307. The van der Waals surface area contributed by atoms with Gasteiger partial charge in [0.25, 0.3) is 0 Å². The number of aryl methyl sites for hydroxylation is 1. The molecule has 3 heteroatoms. The number of fused-ring (bicyclic) bond motifs is 1. The van der Waals surface area contributed by atoms with Crippen LogP contribution in [0.3, 0.4) is 0 Å². The van der Waals surface area contributed by atoms with Crippen molar-refractivity contribution in [2.45, 2.75) is 39.7 Å². The zero-order valence-corrected chi connectivity index (χ0v) is 12.8. The van der Waals surface area contributed by atoms with Crippen molar-refractivity contribution in [1.82, 2.24) is 15.1 Å². The van der Waals surface area contributed by atoms with Crippen molar-refractivity contribution in [3.63, 3.8) is 0 Å². The van der Waals surface area contributed by atoms with E-state index in [-0.39, 0.29) is 0 Å². The average Bonchev–Trinajstić information content (AvgIpc) is 2.80. The lowest BCUT2D eigenvalue weighted by Crippen LogP contribution is -2.32. The Labute approximate surface area is 121 Å². The van der Waals surface area contributed by atoms with Crippen LogP contribution in [0.4, 0.5) is 0 Å². The number of nitrogens with one attached hydrogen (secondary N) is 1. The minimum atomic E-state index is 0.307. The maximum absolute atomic E-state index is 4.67. The zero-order chi connectivity index (χ0) is 14.3. The molecule has 20 heavy (non-hydrogen) atoms. The summed E-state index contributed by atoms with van der Waals surface area (Å²) in [5.74, 6) is 0. The first-order valence-corrected chi connectivity index (χ1v) is 7.32. The van der Waals surface area contributed by atoms with Gasteiger partial charge in [-0.05, 0) is 43.9 Å². The molecule has 1 atom stereocenters. The van der Waals surface area contributed by atoms with Crippen molar-refractivity contribution < 1.29 is 0 Å². The molecule has 1 aliphatic carbocycles. The fraction of sp³-hybridized carbons (Fsp3) is 0.471. The van der Waals surface area contributed by atoms with Gasteiger partial charge in [-0.25, -0.2) is 4.68 Å². The molecule has 1 unspecified atom stereocenters. The molecule has 0 bridgehead atoms. The molecule has 1 aliphatic rings. The quantitative estimate of drug-likeness (QED) is 0.905. The Balaban J connectivity index is 2.13. The summed E-state index contributed by atoms with van der Waals surface area (Å²) >= 11 is 0. The van der Waals surface area contributed by atoms with E-state index in [1.54, 1.807) is 0 Å².